The number of imidazole rings is 1. The van der Waals surface area contributed by atoms with Crippen LogP contribution in [0.15, 0.2) is 42.2 Å². The molecule has 1 aliphatic heterocycles. The third kappa shape index (κ3) is 2.11. The van der Waals surface area contributed by atoms with E-state index >= 15 is 0 Å². The number of nitrogens with zero attached hydrogens (tertiary/aromatic N) is 3. The maximum atomic E-state index is 4.97. The second-order valence-corrected chi connectivity index (χ2v) is 7.19. The predicted octanol–water partition coefficient (Wildman–Crippen LogP) is 4.94. The van der Waals surface area contributed by atoms with Crippen molar-refractivity contribution in [2.75, 3.05) is 5.32 Å². The average molecular weight is 345 g/mol. The highest BCUT2D eigenvalue weighted by molar-refractivity contribution is 7.10. The Bertz CT molecular complexity index is 1030. The van der Waals surface area contributed by atoms with E-state index in [-0.39, 0.29) is 0 Å². The summed E-state index contributed by atoms with van der Waals surface area (Å²) in [4.78, 5) is 18.5. The van der Waals surface area contributed by atoms with Gasteiger partial charge < -0.3 is 10.3 Å². The number of rotatable bonds is 1. The van der Waals surface area contributed by atoms with Crippen LogP contribution in [0.5, 0.6) is 0 Å². The van der Waals surface area contributed by atoms with Crippen LogP contribution in [0.3, 0.4) is 0 Å². The molecule has 4 aromatic rings. The first kappa shape index (κ1) is 14.4. The maximum Gasteiger partial charge on any atom is 0.139 e. The van der Waals surface area contributed by atoms with E-state index in [1.807, 2.05) is 24.4 Å². The van der Waals surface area contributed by atoms with Crippen LogP contribution in [0.25, 0.3) is 33.9 Å². The molecule has 0 aromatic carbocycles. The fourth-order valence-electron chi connectivity index (χ4n) is 3.34. The molecule has 4 aromatic heterocycles. The normalized spacial score (nSPS) is 11.9. The van der Waals surface area contributed by atoms with Crippen molar-refractivity contribution >= 4 is 22.8 Å². The van der Waals surface area contributed by atoms with Gasteiger partial charge in [-0.25, -0.2) is 9.97 Å². The van der Waals surface area contributed by atoms with Gasteiger partial charge >= 0.3 is 0 Å². The van der Waals surface area contributed by atoms with Crippen molar-refractivity contribution < 1.29 is 0 Å². The molecule has 2 N–H and O–H groups in total. The van der Waals surface area contributed by atoms with E-state index < -0.39 is 0 Å². The molecule has 0 fully saturated rings. The molecule has 5 nitrogen and oxygen atoms in total. The summed E-state index contributed by atoms with van der Waals surface area (Å²) in [5.74, 6) is 1.70. The molecule has 0 amide bonds. The molecule has 0 atom stereocenters. The lowest BCUT2D eigenvalue weighted by Crippen LogP contribution is -1.95. The number of hydrogen-bond donors (Lipinski definition) is 2. The molecule has 0 bridgehead atoms. The van der Waals surface area contributed by atoms with Gasteiger partial charge in [-0.3, -0.25) is 4.98 Å². The Labute approximate surface area is 148 Å². The highest BCUT2D eigenvalue weighted by Gasteiger charge is 2.25. The molecular weight excluding hydrogens is 330 g/mol. The monoisotopic (exact) mass is 345 g/mol. The Hall–Kier alpha value is -2.99. The van der Waals surface area contributed by atoms with Crippen LogP contribution in [-0.2, 0) is 0 Å². The third-order valence-electron chi connectivity index (χ3n) is 4.51. The van der Waals surface area contributed by atoms with Gasteiger partial charge in [0.25, 0.3) is 0 Å². The van der Waals surface area contributed by atoms with Gasteiger partial charge in [0.05, 0.1) is 17.6 Å². The van der Waals surface area contributed by atoms with Crippen molar-refractivity contribution in [2.24, 2.45) is 0 Å². The third-order valence-corrected chi connectivity index (χ3v) is 5.53. The zero-order chi connectivity index (χ0) is 17.0. The molecule has 0 aliphatic carbocycles. The number of aryl methyl sites for hydroxylation is 2. The minimum Gasteiger partial charge on any atom is -0.338 e. The summed E-state index contributed by atoms with van der Waals surface area (Å²) in [6.45, 7) is 4.26. The molecule has 0 unspecified atom stereocenters. The summed E-state index contributed by atoms with van der Waals surface area (Å²) in [6, 6.07) is 5.99. The average Bonchev–Trinajstić information content (AvgIpc) is 3.16. The van der Waals surface area contributed by atoms with E-state index in [4.69, 9.17) is 4.98 Å². The first-order valence-electron chi connectivity index (χ1n) is 8.04. The van der Waals surface area contributed by atoms with Crippen molar-refractivity contribution in [1.29, 1.82) is 0 Å². The molecule has 1 aliphatic rings. The first-order valence-corrected chi connectivity index (χ1v) is 8.92. The first-order chi connectivity index (χ1) is 12.2. The molecule has 25 heavy (non-hydrogen) atoms. The standard InChI is InChI=1S/C19H15N5S/c1-10-9-25-11(2)15(10)19-23-16-12-5-7-20-8-14(12)22-18-13(17(16)24-19)4-3-6-21-18/h3-9H,1-2H3,(H,21,22)(H,23,24). The van der Waals surface area contributed by atoms with Gasteiger partial charge in [-0.15, -0.1) is 11.3 Å². The number of thiophene rings is 1. The molecule has 0 radical (unpaired) electrons. The molecule has 122 valence electrons. The van der Waals surface area contributed by atoms with Gasteiger partial charge in [0.15, 0.2) is 0 Å². The number of aromatic amines is 1. The summed E-state index contributed by atoms with van der Waals surface area (Å²) in [5.41, 5.74) is 7.30. The maximum absolute atomic E-state index is 4.97. The Morgan fingerprint density at radius 3 is 2.84 bits per heavy atom. The summed E-state index contributed by atoms with van der Waals surface area (Å²) >= 11 is 1.75. The molecule has 5 heterocycles. The number of fused-ring (bicyclic) bond motifs is 5. The lowest BCUT2D eigenvalue weighted by Gasteiger charge is -2.07. The van der Waals surface area contributed by atoms with E-state index in [0.29, 0.717) is 0 Å². The zero-order valence-corrected chi connectivity index (χ0v) is 14.6. The second-order valence-electron chi connectivity index (χ2n) is 6.10. The van der Waals surface area contributed by atoms with Crippen LogP contribution in [-0.4, -0.2) is 19.9 Å². The van der Waals surface area contributed by atoms with Crippen molar-refractivity contribution in [3.63, 3.8) is 0 Å². The van der Waals surface area contributed by atoms with E-state index in [9.17, 15) is 0 Å². The number of aromatic nitrogens is 4. The van der Waals surface area contributed by atoms with Crippen LogP contribution < -0.4 is 5.32 Å². The fraction of sp³-hybridized carbons (Fsp3) is 0.105. The lowest BCUT2D eigenvalue weighted by molar-refractivity contribution is 1.26. The lowest BCUT2D eigenvalue weighted by atomic mass is 10.1. The van der Waals surface area contributed by atoms with Crippen molar-refractivity contribution in [3.05, 3.63) is 52.6 Å². The molecule has 0 saturated carbocycles. The molecule has 0 saturated heterocycles. The fourth-order valence-corrected chi connectivity index (χ4v) is 4.19. The summed E-state index contributed by atoms with van der Waals surface area (Å²) in [5, 5.41) is 5.56. The van der Waals surface area contributed by atoms with Crippen LogP contribution in [0.4, 0.5) is 11.5 Å². The Morgan fingerprint density at radius 2 is 2.00 bits per heavy atom. The minimum absolute atomic E-state index is 0.798. The SMILES string of the molecule is Cc1csc(C)c1-c1nc2c([nH]1)-c1ccncc1Nc1ncccc1-2. The number of anilines is 2. The van der Waals surface area contributed by atoms with Gasteiger partial charge in [0, 0.05) is 34.0 Å². The van der Waals surface area contributed by atoms with E-state index in [1.165, 1.54) is 16.0 Å². The topological polar surface area (TPSA) is 66.5 Å². The summed E-state index contributed by atoms with van der Waals surface area (Å²) in [6.07, 6.45) is 5.41. The Kier molecular flexibility index (Phi) is 3.02. The van der Waals surface area contributed by atoms with Crippen LogP contribution in [0.1, 0.15) is 10.4 Å². The van der Waals surface area contributed by atoms with E-state index in [2.05, 4.69) is 39.5 Å². The Morgan fingerprint density at radius 1 is 1.08 bits per heavy atom. The van der Waals surface area contributed by atoms with Gasteiger partial charge in [0.2, 0.25) is 0 Å². The zero-order valence-electron chi connectivity index (χ0n) is 13.8. The van der Waals surface area contributed by atoms with Crippen LogP contribution in [0.2, 0.25) is 0 Å². The van der Waals surface area contributed by atoms with Gasteiger partial charge in [-0.05, 0) is 43.0 Å². The van der Waals surface area contributed by atoms with Crippen LogP contribution in [0, 0.1) is 13.8 Å². The number of hydrogen-bond acceptors (Lipinski definition) is 5. The van der Waals surface area contributed by atoms with Crippen molar-refractivity contribution in [3.8, 4) is 33.9 Å². The molecule has 0 spiro atoms. The summed E-state index contributed by atoms with van der Waals surface area (Å²) < 4.78 is 0. The van der Waals surface area contributed by atoms with Crippen molar-refractivity contribution in [2.45, 2.75) is 13.8 Å². The largest absolute Gasteiger partial charge is 0.338 e. The predicted molar refractivity (Wildman–Crippen MR) is 101 cm³/mol. The smallest absolute Gasteiger partial charge is 0.139 e. The highest BCUT2D eigenvalue weighted by Crippen LogP contribution is 2.43. The van der Waals surface area contributed by atoms with Crippen LogP contribution >= 0.6 is 11.3 Å². The summed E-state index contributed by atoms with van der Waals surface area (Å²) in [7, 11) is 0. The number of H-pyrrole nitrogens is 1. The van der Waals surface area contributed by atoms with Gasteiger partial charge in [0.1, 0.15) is 17.3 Å². The molecule has 5 rings (SSSR count). The number of pyridine rings is 2. The van der Waals surface area contributed by atoms with E-state index in [1.54, 1.807) is 23.7 Å². The molecule has 6 heteroatoms. The number of nitrogens with one attached hydrogen (secondary N) is 2. The second kappa shape index (κ2) is 5.26. The molecular formula is C19H15N5S. The quantitative estimate of drug-likeness (QED) is 0.452. The minimum atomic E-state index is 0.798. The van der Waals surface area contributed by atoms with Gasteiger partial charge in [-0.2, -0.15) is 0 Å². The highest BCUT2D eigenvalue weighted by atomic mass is 32.1. The van der Waals surface area contributed by atoms with E-state index in [0.717, 1.165) is 39.8 Å². The van der Waals surface area contributed by atoms with Crippen molar-refractivity contribution in [1.82, 2.24) is 19.9 Å². The Balaban J connectivity index is 1.84. The van der Waals surface area contributed by atoms with Gasteiger partial charge in [-0.1, -0.05) is 0 Å².